The van der Waals surface area contributed by atoms with Gasteiger partial charge < -0.3 is 11.1 Å². The van der Waals surface area contributed by atoms with Crippen LogP contribution in [-0.4, -0.2) is 12.5 Å². The summed E-state index contributed by atoms with van der Waals surface area (Å²) in [5.41, 5.74) is 8.83. The molecule has 1 heterocycles. The Labute approximate surface area is 83.3 Å². The minimum atomic E-state index is -0.0242. The van der Waals surface area contributed by atoms with E-state index in [0.717, 1.165) is 23.1 Å². The Kier molecular flexibility index (Phi) is 2.25. The minimum Gasteiger partial charge on any atom is -0.352 e. The highest BCUT2D eigenvalue weighted by Crippen LogP contribution is 2.22. The monoisotopic (exact) mass is 190 g/mol. The molecule has 74 valence electrons. The first kappa shape index (κ1) is 9.21. The zero-order valence-corrected chi connectivity index (χ0v) is 8.21. The van der Waals surface area contributed by atoms with Gasteiger partial charge in [0.05, 0.1) is 0 Å². The van der Waals surface area contributed by atoms with Gasteiger partial charge in [-0.15, -0.1) is 0 Å². The van der Waals surface area contributed by atoms with E-state index in [1.165, 1.54) is 0 Å². The van der Waals surface area contributed by atoms with E-state index in [9.17, 15) is 4.79 Å². The third-order valence-electron chi connectivity index (χ3n) is 2.59. The maximum absolute atomic E-state index is 11.6. The molecule has 1 aromatic carbocycles. The summed E-state index contributed by atoms with van der Waals surface area (Å²) >= 11 is 0. The quantitative estimate of drug-likeness (QED) is 0.644. The van der Waals surface area contributed by atoms with Gasteiger partial charge in [0.15, 0.2) is 0 Å². The lowest BCUT2D eigenvalue weighted by Crippen LogP contribution is -2.22. The minimum absolute atomic E-state index is 0.00653. The summed E-state index contributed by atoms with van der Waals surface area (Å²) in [5, 5.41) is 2.83. The predicted octanol–water partition coefficient (Wildman–Crippen LogP) is 1.13. The van der Waals surface area contributed by atoms with Crippen LogP contribution in [0, 0.1) is 6.92 Å². The lowest BCUT2D eigenvalue weighted by Gasteiger charge is -2.11. The Morgan fingerprint density at radius 1 is 1.50 bits per heavy atom. The first-order valence-electron chi connectivity index (χ1n) is 4.83. The van der Waals surface area contributed by atoms with Crippen molar-refractivity contribution in [3.8, 4) is 0 Å². The van der Waals surface area contributed by atoms with Crippen LogP contribution in [0.25, 0.3) is 0 Å². The molecular formula is C11H14N2O. The molecule has 1 atom stereocenters. The smallest absolute Gasteiger partial charge is 0.251 e. The van der Waals surface area contributed by atoms with Gasteiger partial charge in [0, 0.05) is 18.2 Å². The second kappa shape index (κ2) is 3.42. The van der Waals surface area contributed by atoms with Crippen molar-refractivity contribution in [1.29, 1.82) is 0 Å². The number of carbonyl (C=O) groups excluding carboxylic acids is 1. The third-order valence-corrected chi connectivity index (χ3v) is 2.59. The zero-order chi connectivity index (χ0) is 10.1. The van der Waals surface area contributed by atoms with Gasteiger partial charge >= 0.3 is 0 Å². The largest absolute Gasteiger partial charge is 0.352 e. The Bertz CT molecular complexity index is 374. The van der Waals surface area contributed by atoms with Crippen molar-refractivity contribution in [2.75, 3.05) is 6.54 Å². The molecule has 3 N–H and O–H groups in total. The second-order valence-electron chi connectivity index (χ2n) is 3.74. The van der Waals surface area contributed by atoms with Gasteiger partial charge in [-0.1, -0.05) is 17.7 Å². The van der Waals surface area contributed by atoms with E-state index in [2.05, 4.69) is 5.32 Å². The molecule has 0 fully saturated rings. The van der Waals surface area contributed by atoms with Crippen molar-refractivity contribution in [1.82, 2.24) is 5.32 Å². The van der Waals surface area contributed by atoms with Gasteiger partial charge in [-0.2, -0.15) is 0 Å². The molecule has 0 bridgehead atoms. The van der Waals surface area contributed by atoms with Crippen molar-refractivity contribution in [3.63, 3.8) is 0 Å². The number of nitrogens with two attached hydrogens (primary N) is 1. The van der Waals surface area contributed by atoms with Crippen LogP contribution in [0.2, 0.25) is 0 Å². The molecule has 0 saturated heterocycles. The number of hydrogen-bond acceptors (Lipinski definition) is 2. The average Bonchev–Trinajstić information content (AvgIpc) is 2.28. The summed E-state index contributed by atoms with van der Waals surface area (Å²) in [7, 11) is 0. The average molecular weight is 190 g/mol. The highest BCUT2D eigenvalue weighted by Gasteiger charge is 2.19. The molecule has 1 aromatic rings. The third kappa shape index (κ3) is 1.51. The van der Waals surface area contributed by atoms with E-state index in [1.54, 1.807) is 0 Å². The van der Waals surface area contributed by atoms with Crippen LogP contribution < -0.4 is 11.1 Å². The molecule has 1 aliphatic rings. The molecule has 0 saturated carbocycles. The molecule has 0 spiro atoms. The topological polar surface area (TPSA) is 55.1 Å². The summed E-state index contributed by atoms with van der Waals surface area (Å²) in [5.74, 6) is -0.00653. The number of benzene rings is 1. The number of amides is 1. The van der Waals surface area contributed by atoms with Crippen molar-refractivity contribution >= 4 is 5.91 Å². The molecular weight excluding hydrogens is 176 g/mol. The Balaban J connectivity index is 2.54. The molecule has 0 aliphatic carbocycles. The van der Waals surface area contributed by atoms with Crippen molar-refractivity contribution in [3.05, 3.63) is 34.9 Å². The molecule has 3 heteroatoms. The van der Waals surface area contributed by atoms with Gasteiger partial charge in [-0.05, 0) is 25.0 Å². The summed E-state index contributed by atoms with van der Waals surface area (Å²) in [6.45, 7) is 2.67. The van der Waals surface area contributed by atoms with Crippen LogP contribution >= 0.6 is 0 Å². The normalized spacial score (nSPS) is 21.0. The molecule has 0 aromatic heterocycles. The summed E-state index contributed by atoms with van der Waals surface area (Å²) < 4.78 is 0. The number of hydrogen-bond donors (Lipinski definition) is 2. The van der Waals surface area contributed by atoms with Gasteiger partial charge in [-0.3, -0.25) is 4.79 Å². The van der Waals surface area contributed by atoms with Gasteiger partial charge in [0.2, 0.25) is 0 Å². The highest BCUT2D eigenvalue weighted by molar-refractivity contribution is 5.96. The standard InChI is InChI=1S/C11H14N2O/c1-7-2-3-8-9(6-7)10(12)4-5-13-11(8)14/h2-3,6,10H,4-5,12H2,1H3,(H,13,14). The fraction of sp³-hybridized carbons (Fsp3) is 0.364. The number of carbonyl (C=O) groups is 1. The van der Waals surface area contributed by atoms with E-state index in [4.69, 9.17) is 5.73 Å². The van der Waals surface area contributed by atoms with E-state index < -0.39 is 0 Å². The van der Waals surface area contributed by atoms with E-state index in [1.807, 2.05) is 25.1 Å². The van der Waals surface area contributed by atoms with Crippen LogP contribution in [0.4, 0.5) is 0 Å². The lowest BCUT2D eigenvalue weighted by molar-refractivity contribution is 0.0956. The van der Waals surface area contributed by atoms with Crippen LogP contribution in [-0.2, 0) is 0 Å². The molecule has 1 aliphatic heterocycles. The van der Waals surface area contributed by atoms with Crippen LogP contribution in [0.3, 0.4) is 0 Å². The van der Waals surface area contributed by atoms with Gasteiger partial charge in [0.25, 0.3) is 5.91 Å². The van der Waals surface area contributed by atoms with Crippen LogP contribution in [0.15, 0.2) is 18.2 Å². The number of nitrogens with one attached hydrogen (secondary N) is 1. The molecule has 0 radical (unpaired) electrons. The fourth-order valence-electron chi connectivity index (χ4n) is 1.79. The van der Waals surface area contributed by atoms with Crippen molar-refractivity contribution in [2.24, 2.45) is 5.73 Å². The van der Waals surface area contributed by atoms with Gasteiger partial charge in [-0.25, -0.2) is 0 Å². The Morgan fingerprint density at radius 2 is 2.29 bits per heavy atom. The predicted molar refractivity (Wildman–Crippen MR) is 55.1 cm³/mol. The summed E-state index contributed by atoms with van der Waals surface area (Å²) in [6, 6.07) is 5.77. The fourth-order valence-corrected chi connectivity index (χ4v) is 1.79. The molecule has 1 amide bonds. The van der Waals surface area contributed by atoms with Crippen LogP contribution in [0.1, 0.15) is 33.9 Å². The van der Waals surface area contributed by atoms with Crippen LogP contribution in [0.5, 0.6) is 0 Å². The van der Waals surface area contributed by atoms with Crippen molar-refractivity contribution < 1.29 is 4.79 Å². The molecule has 3 nitrogen and oxygen atoms in total. The van der Waals surface area contributed by atoms with Crippen molar-refractivity contribution in [2.45, 2.75) is 19.4 Å². The van der Waals surface area contributed by atoms with Gasteiger partial charge in [0.1, 0.15) is 0 Å². The van der Waals surface area contributed by atoms with E-state index >= 15 is 0 Å². The zero-order valence-electron chi connectivity index (χ0n) is 8.21. The summed E-state index contributed by atoms with van der Waals surface area (Å²) in [4.78, 5) is 11.6. The highest BCUT2D eigenvalue weighted by atomic mass is 16.1. The van der Waals surface area contributed by atoms with E-state index in [-0.39, 0.29) is 11.9 Å². The summed E-state index contributed by atoms with van der Waals surface area (Å²) in [6.07, 6.45) is 0.808. The Hall–Kier alpha value is -1.35. The SMILES string of the molecule is Cc1ccc2c(c1)C(N)CCNC2=O. The lowest BCUT2D eigenvalue weighted by atomic mass is 9.98. The number of rotatable bonds is 0. The molecule has 2 rings (SSSR count). The first-order chi connectivity index (χ1) is 6.68. The molecule has 1 unspecified atom stereocenters. The number of fused-ring (bicyclic) bond motifs is 1. The first-order valence-corrected chi connectivity index (χ1v) is 4.83. The maximum Gasteiger partial charge on any atom is 0.251 e. The Morgan fingerprint density at radius 3 is 3.07 bits per heavy atom. The number of aryl methyl sites for hydroxylation is 1. The molecule has 14 heavy (non-hydrogen) atoms. The second-order valence-corrected chi connectivity index (χ2v) is 3.74. The van der Waals surface area contributed by atoms with E-state index in [0.29, 0.717) is 6.54 Å². The maximum atomic E-state index is 11.6.